The molecule has 7 nitrogen and oxygen atoms in total. The third-order valence-corrected chi connectivity index (χ3v) is 4.35. The predicted molar refractivity (Wildman–Crippen MR) is 104 cm³/mol. The van der Waals surface area contributed by atoms with Crippen molar-refractivity contribution in [2.45, 2.75) is 20.0 Å². The van der Waals surface area contributed by atoms with E-state index in [2.05, 4.69) is 4.90 Å². The lowest BCUT2D eigenvalue weighted by molar-refractivity contribution is 0.0403. The van der Waals surface area contributed by atoms with Gasteiger partial charge in [0.25, 0.3) is 0 Å². The van der Waals surface area contributed by atoms with Crippen LogP contribution in [0.4, 0.5) is 4.79 Å². The first-order valence-electron chi connectivity index (χ1n) is 9.33. The largest absolute Gasteiger partial charge is 0.493 e. The van der Waals surface area contributed by atoms with Crippen molar-refractivity contribution in [1.82, 2.24) is 9.80 Å². The molecule has 1 amide bonds. The number of β-amino-alcohol motifs (C(OH)–C–C–N with tert-alkyl or cyclic N) is 1. The summed E-state index contributed by atoms with van der Waals surface area (Å²) in [7, 11) is 1.60. The molecule has 150 valence electrons. The smallest absolute Gasteiger partial charge is 0.409 e. The fourth-order valence-corrected chi connectivity index (χ4v) is 2.96. The third-order valence-electron chi connectivity index (χ3n) is 4.35. The van der Waals surface area contributed by atoms with Crippen LogP contribution in [0.2, 0.25) is 0 Å². The Morgan fingerprint density at radius 2 is 2.00 bits per heavy atom. The molecule has 1 unspecified atom stereocenters. The molecule has 1 aromatic carbocycles. The minimum absolute atomic E-state index is 0.178. The highest BCUT2D eigenvalue weighted by Gasteiger charge is 2.23. The molecule has 1 heterocycles. The molecule has 0 spiro atoms. The quantitative estimate of drug-likeness (QED) is 0.748. The first kappa shape index (κ1) is 21.1. The average Bonchev–Trinajstić information content (AvgIpc) is 2.68. The van der Waals surface area contributed by atoms with Gasteiger partial charge in [-0.15, -0.1) is 0 Å². The van der Waals surface area contributed by atoms with Crippen LogP contribution in [0.5, 0.6) is 11.5 Å². The first-order valence-corrected chi connectivity index (χ1v) is 9.33. The zero-order valence-corrected chi connectivity index (χ0v) is 16.4. The van der Waals surface area contributed by atoms with Crippen LogP contribution in [-0.4, -0.2) is 80.2 Å². The van der Waals surface area contributed by atoms with Gasteiger partial charge in [-0.2, -0.15) is 0 Å². The number of ether oxygens (including phenoxy) is 3. The van der Waals surface area contributed by atoms with Crippen molar-refractivity contribution in [1.29, 1.82) is 0 Å². The number of allylic oxidation sites excluding steroid dienone is 1. The number of aliphatic hydroxyl groups is 1. The molecule has 0 saturated carbocycles. The number of hydrogen-bond donors (Lipinski definition) is 1. The molecule has 0 aliphatic carbocycles. The molecule has 1 aromatic rings. The van der Waals surface area contributed by atoms with Gasteiger partial charge in [-0.25, -0.2) is 4.79 Å². The highest BCUT2D eigenvalue weighted by Crippen LogP contribution is 2.28. The monoisotopic (exact) mass is 378 g/mol. The number of carbonyl (C=O) groups is 1. The normalized spacial score (nSPS) is 16.4. The summed E-state index contributed by atoms with van der Waals surface area (Å²) in [5.41, 5.74) is 1.03. The van der Waals surface area contributed by atoms with E-state index in [1.165, 1.54) is 0 Å². The lowest BCUT2D eigenvalue weighted by Gasteiger charge is -2.34. The van der Waals surface area contributed by atoms with Crippen LogP contribution in [-0.2, 0) is 4.74 Å². The number of aliphatic hydroxyl groups excluding tert-OH is 1. The van der Waals surface area contributed by atoms with Gasteiger partial charge in [0.2, 0.25) is 0 Å². The Hall–Kier alpha value is -2.25. The minimum Gasteiger partial charge on any atom is -0.493 e. The maximum Gasteiger partial charge on any atom is 0.409 e. The van der Waals surface area contributed by atoms with Crippen molar-refractivity contribution in [3.63, 3.8) is 0 Å². The van der Waals surface area contributed by atoms with Gasteiger partial charge >= 0.3 is 6.09 Å². The van der Waals surface area contributed by atoms with Gasteiger partial charge in [0.15, 0.2) is 11.5 Å². The zero-order chi connectivity index (χ0) is 19.6. The summed E-state index contributed by atoms with van der Waals surface area (Å²) in [6, 6.07) is 5.69. The van der Waals surface area contributed by atoms with Gasteiger partial charge in [0, 0.05) is 32.7 Å². The number of amides is 1. The van der Waals surface area contributed by atoms with Crippen molar-refractivity contribution in [2.75, 3.05) is 53.0 Å². The minimum atomic E-state index is -0.626. The van der Waals surface area contributed by atoms with Gasteiger partial charge in [-0.05, 0) is 31.5 Å². The van der Waals surface area contributed by atoms with Crippen LogP contribution >= 0.6 is 0 Å². The van der Waals surface area contributed by atoms with Crippen molar-refractivity contribution in [2.24, 2.45) is 0 Å². The van der Waals surface area contributed by atoms with E-state index in [9.17, 15) is 9.90 Å². The van der Waals surface area contributed by atoms with Crippen LogP contribution < -0.4 is 9.47 Å². The topological polar surface area (TPSA) is 71.5 Å². The zero-order valence-electron chi connectivity index (χ0n) is 16.4. The Balaban J connectivity index is 1.78. The van der Waals surface area contributed by atoms with Gasteiger partial charge < -0.3 is 24.2 Å². The number of piperazine rings is 1. The van der Waals surface area contributed by atoms with E-state index in [0.29, 0.717) is 50.8 Å². The summed E-state index contributed by atoms with van der Waals surface area (Å²) in [4.78, 5) is 15.5. The molecule has 1 fully saturated rings. The van der Waals surface area contributed by atoms with Crippen molar-refractivity contribution in [3.05, 3.63) is 29.8 Å². The van der Waals surface area contributed by atoms with E-state index < -0.39 is 6.10 Å². The number of benzene rings is 1. The van der Waals surface area contributed by atoms with E-state index >= 15 is 0 Å². The fourth-order valence-electron chi connectivity index (χ4n) is 2.96. The van der Waals surface area contributed by atoms with Crippen molar-refractivity contribution < 1.29 is 24.1 Å². The third kappa shape index (κ3) is 6.45. The molecule has 2 rings (SSSR count). The number of methoxy groups -OCH3 is 1. The van der Waals surface area contributed by atoms with Gasteiger partial charge in [-0.3, -0.25) is 4.90 Å². The summed E-state index contributed by atoms with van der Waals surface area (Å²) in [5, 5.41) is 10.3. The Labute approximate surface area is 161 Å². The van der Waals surface area contributed by atoms with E-state index in [0.717, 1.165) is 5.56 Å². The highest BCUT2D eigenvalue weighted by atomic mass is 16.6. The maximum absolute atomic E-state index is 11.7. The fraction of sp³-hybridized carbons (Fsp3) is 0.550. The molecule has 1 aliphatic rings. The molecule has 1 aliphatic heterocycles. The molecule has 27 heavy (non-hydrogen) atoms. The maximum atomic E-state index is 11.7. The number of hydrogen-bond acceptors (Lipinski definition) is 6. The SMILES string of the molecule is C/C=C/c1ccc(OCC(O)CN2CCN(C(=O)OCC)CC2)c(OC)c1. The summed E-state index contributed by atoms with van der Waals surface area (Å²) >= 11 is 0. The summed E-state index contributed by atoms with van der Waals surface area (Å²) < 4.78 is 16.1. The Morgan fingerprint density at radius 3 is 2.63 bits per heavy atom. The van der Waals surface area contributed by atoms with Crippen molar-refractivity contribution >= 4 is 12.2 Å². The van der Waals surface area contributed by atoms with E-state index in [1.54, 1.807) is 18.9 Å². The molecular formula is C20H30N2O5. The summed E-state index contributed by atoms with van der Waals surface area (Å²) in [6.07, 6.45) is 3.05. The van der Waals surface area contributed by atoms with Crippen LogP contribution in [0.3, 0.4) is 0 Å². The second-order valence-electron chi connectivity index (χ2n) is 6.36. The summed E-state index contributed by atoms with van der Waals surface area (Å²) in [5.74, 6) is 1.25. The van der Waals surface area contributed by atoms with Crippen molar-refractivity contribution in [3.8, 4) is 11.5 Å². The Morgan fingerprint density at radius 1 is 1.26 bits per heavy atom. The predicted octanol–water partition coefficient (Wildman–Crippen LogP) is 2.24. The highest BCUT2D eigenvalue weighted by molar-refractivity contribution is 5.67. The second kappa shape index (κ2) is 10.8. The molecule has 1 N–H and O–H groups in total. The standard InChI is InChI=1S/C20H30N2O5/c1-4-6-16-7-8-18(19(13-16)25-3)27-15-17(23)14-21-9-11-22(12-10-21)20(24)26-5-2/h4,6-8,13,17,23H,5,9-12,14-15H2,1-3H3/b6-4+. The first-order chi connectivity index (χ1) is 13.1. The molecule has 7 heteroatoms. The lowest BCUT2D eigenvalue weighted by Crippen LogP contribution is -2.51. The van der Waals surface area contributed by atoms with Crippen LogP contribution in [0, 0.1) is 0 Å². The van der Waals surface area contributed by atoms with E-state index in [-0.39, 0.29) is 12.7 Å². The molecule has 0 aromatic heterocycles. The summed E-state index contributed by atoms with van der Waals surface area (Å²) in [6.45, 7) is 7.43. The molecular weight excluding hydrogens is 348 g/mol. The Kier molecular flexibility index (Phi) is 8.42. The van der Waals surface area contributed by atoms with Gasteiger partial charge in [-0.1, -0.05) is 18.2 Å². The van der Waals surface area contributed by atoms with Gasteiger partial charge in [0.1, 0.15) is 12.7 Å². The second-order valence-corrected chi connectivity index (χ2v) is 6.36. The van der Waals surface area contributed by atoms with E-state index in [4.69, 9.17) is 14.2 Å². The van der Waals surface area contributed by atoms with Crippen LogP contribution in [0.25, 0.3) is 6.08 Å². The number of rotatable bonds is 8. The van der Waals surface area contributed by atoms with Gasteiger partial charge in [0.05, 0.1) is 13.7 Å². The molecule has 0 bridgehead atoms. The Bertz CT molecular complexity index is 627. The van der Waals surface area contributed by atoms with E-state index in [1.807, 2.05) is 37.3 Å². The van der Waals surface area contributed by atoms with Crippen LogP contribution in [0.15, 0.2) is 24.3 Å². The van der Waals surface area contributed by atoms with Crippen LogP contribution in [0.1, 0.15) is 19.4 Å². The average molecular weight is 378 g/mol. The molecule has 0 radical (unpaired) electrons. The number of carbonyl (C=O) groups excluding carboxylic acids is 1. The number of nitrogens with zero attached hydrogens (tertiary/aromatic N) is 2. The molecule has 1 atom stereocenters. The lowest BCUT2D eigenvalue weighted by atomic mass is 10.2. The molecule has 1 saturated heterocycles.